The third-order valence-corrected chi connectivity index (χ3v) is 8.36. The van der Waals surface area contributed by atoms with E-state index in [2.05, 4.69) is 0 Å². The van der Waals surface area contributed by atoms with Crippen LogP contribution in [0, 0.1) is 32.3 Å². The van der Waals surface area contributed by atoms with Crippen LogP contribution in [0.2, 0.25) is 0 Å². The first kappa shape index (κ1) is 22.4. The van der Waals surface area contributed by atoms with Crippen molar-refractivity contribution < 1.29 is 36.7 Å². The summed E-state index contributed by atoms with van der Waals surface area (Å²) in [6.45, 7) is 0. The highest BCUT2D eigenvalue weighted by Gasteiger charge is 2.36. The zero-order valence-corrected chi connectivity index (χ0v) is 19.2. The largest absolute Gasteiger partial charge is 0.288 e. The maximum Gasteiger partial charge on any atom is 0.199 e. The molecule has 2 aromatic heterocycles. The summed E-state index contributed by atoms with van der Waals surface area (Å²) in [7, 11) is 0. The Morgan fingerprint density at radius 3 is 0.944 bits per heavy atom. The van der Waals surface area contributed by atoms with E-state index in [1.807, 2.05) is 0 Å². The summed E-state index contributed by atoms with van der Waals surface area (Å²) in [4.78, 5) is 51.0. The van der Waals surface area contributed by atoms with Crippen molar-refractivity contribution in [2.24, 2.45) is 0 Å². The maximum absolute atomic E-state index is 13.6. The lowest BCUT2D eigenvalue weighted by molar-refractivity contribution is 0.101. The molecule has 2 heterocycles. The van der Waals surface area contributed by atoms with Crippen LogP contribution in [0.1, 0.15) is 41.4 Å². The number of thiophene rings is 2. The van der Waals surface area contributed by atoms with Gasteiger partial charge in [-0.25, -0.2) is 17.6 Å². The number of Topliss-reactive ketones (excluding diaryl/α,β-unsaturated/α-hetero) is 4. The molecule has 0 aliphatic heterocycles. The van der Waals surface area contributed by atoms with E-state index in [0.29, 0.717) is 42.4 Å². The monoisotopic (exact) mass is 524 g/mol. The lowest BCUT2D eigenvalue weighted by Crippen LogP contribution is -2.10. The summed E-state index contributed by atoms with van der Waals surface area (Å²) < 4.78 is 56.3. The summed E-state index contributed by atoms with van der Waals surface area (Å²) in [6, 6.07) is 9.17. The molecule has 4 aromatic rings. The zero-order valence-electron chi connectivity index (χ0n) is 17.6. The standard InChI is InChI=1S/C26H8F4O4S2/c27-13-5-9-10(6-14(13)28)24(32)21(23(9)31)19-3-1-17(35-19)18-2-4-20(36-18)22-25(33)11-7-15(29)16(30)8-12(11)26(22)34/h1-8H/b18-17+. The minimum absolute atomic E-state index is 0.196. The molecular weight excluding hydrogens is 516 g/mol. The molecule has 0 saturated carbocycles. The van der Waals surface area contributed by atoms with Crippen LogP contribution in [-0.2, 0) is 0 Å². The molecule has 6 rings (SSSR count). The van der Waals surface area contributed by atoms with Crippen LogP contribution in [0.3, 0.4) is 0 Å². The number of hydrogen-bond acceptors (Lipinski definition) is 6. The normalized spacial score (nSPS) is 15.8. The first-order chi connectivity index (χ1) is 17.2. The third kappa shape index (κ3) is 3.11. The highest BCUT2D eigenvalue weighted by molar-refractivity contribution is 7.12. The van der Waals surface area contributed by atoms with Gasteiger partial charge in [0.1, 0.15) is 0 Å². The van der Waals surface area contributed by atoms with Crippen molar-refractivity contribution in [3.05, 3.63) is 112 Å². The predicted octanol–water partition coefficient (Wildman–Crippen LogP) is 4.11. The smallest absolute Gasteiger partial charge is 0.199 e. The summed E-state index contributed by atoms with van der Waals surface area (Å²) in [5.74, 6) is -7.72. The highest BCUT2D eigenvalue weighted by atomic mass is 32.1. The van der Waals surface area contributed by atoms with E-state index in [1.54, 1.807) is 12.1 Å². The average Bonchev–Trinajstić information content (AvgIpc) is 3.59. The molecule has 0 bridgehead atoms. The lowest BCUT2D eigenvalue weighted by Gasteiger charge is -1.96. The van der Waals surface area contributed by atoms with Gasteiger partial charge in [0.2, 0.25) is 0 Å². The van der Waals surface area contributed by atoms with Gasteiger partial charge >= 0.3 is 0 Å². The number of benzene rings is 2. The number of carbonyl (C=O) groups is 4. The number of halogens is 4. The zero-order chi connectivity index (χ0) is 25.5. The summed E-state index contributed by atoms with van der Waals surface area (Å²) >= 11 is 2.17. The molecule has 2 aliphatic rings. The van der Waals surface area contributed by atoms with Gasteiger partial charge in [0.25, 0.3) is 0 Å². The van der Waals surface area contributed by atoms with Crippen LogP contribution in [0.4, 0.5) is 17.6 Å². The minimum Gasteiger partial charge on any atom is -0.288 e. The van der Waals surface area contributed by atoms with Crippen molar-refractivity contribution in [3.8, 4) is 0 Å². The second kappa shape index (κ2) is 7.74. The molecular formula is C26H8F4O4S2. The van der Waals surface area contributed by atoms with Gasteiger partial charge in [-0.05, 0) is 48.5 Å². The van der Waals surface area contributed by atoms with Gasteiger partial charge in [0, 0.05) is 40.4 Å². The molecule has 2 aliphatic carbocycles. The Kier molecular flexibility index (Phi) is 4.83. The van der Waals surface area contributed by atoms with Gasteiger partial charge in [-0.3, -0.25) is 19.2 Å². The van der Waals surface area contributed by atoms with Crippen molar-refractivity contribution in [1.29, 1.82) is 0 Å². The summed E-state index contributed by atoms with van der Waals surface area (Å²) in [6.07, 6.45) is 0. The Labute approximate surface area is 205 Å². The van der Waals surface area contributed by atoms with E-state index in [-0.39, 0.29) is 33.4 Å². The van der Waals surface area contributed by atoms with Crippen LogP contribution >= 0.6 is 22.7 Å². The fraction of sp³-hybridized carbons (Fsp3) is 0. The quantitative estimate of drug-likeness (QED) is 0.325. The summed E-state index contributed by atoms with van der Waals surface area (Å²) in [5, 5.41) is 0. The first-order valence-electron chi connectivity index (χ1n) is 10.3. The SMILES string of the molecule is O=C1C(=c2cc/c(=c3/ccc(=C4C(=O)c5cc(F)c(F)cc5C4=O)s3)s2)C(=O)c2cc(F)c(F)cc21. The van der Waals surface area contributed by atoms with E-state index in [0.717, 1.165) is 22.7 Å². The molecule has 10 heteroatoms. The molecule has 0 radical (unpaired) electrons. The van der Waals surface area contributed by atoms with E-state index >= 15 is 0 Å². The van der Waals surface area contributed by atoms with Crippen LogP contribution in [-0.4, -0.2) is 23.1 Å². The molecule has 4 nitrogen and oxygen atoms in total. The number of fused-ring (bicyclic) bond motifs is 2. The van der Waals surface area contributed by atoms with Gasteiger partial charge in [-0.2, -0.15) is 0 Å². The van der Waals surface area contributed by atoms with Crippen molar-refractivity contribution in [2.45, 2.75) is 0 Å². The van der Waals surface area contributed by atoms with Crippen LogP contribution in [0.25, 0.3) is 11.1 Å². The van der Waals surface area contributed by atoms with Crippen molar-refractivity contribution >= 4 is 57.0 Å². The molecule has 0 amide bonds. The van der Waals surface area contributed by atoms with Gasteiger partial charge in [0.05, 0.1) is 11.1 Å². The Morgan fingerprint density at radius 2 is 0.667 bits per heavy atom. The molecule has 176 valence electrons. The Bertz CT molecular complexity index is 1740. The van der Waals surface area contributed by atoms with Gasteiger partial charge in [0.15, 0.2) is 46.4 Å². The number of carbonyl (C=O) groups excluding carboxylic acids is 4. The Hall–Kier alpha value is -4.02. The van der Waals surface area contributed by atoms with E-state index in [9.17, 15) is 36.7 Å². The van der Waals surface area contributed by atoms with E-state index in [1.165, 1.54) is 12.1 Å². The number of ketones is 4. The van der Waals surface area contributed by atoms with Gasteiger partial charge < -0.3 is 0 Å². The van der Waals surface area contributed by atoms with Crippen LogP contribution < -0.4 is 9.06 Å². The van der Waals surface area contributed by atoms with Crippen molar-refractivity contribution in [1.82, 2.24) is 0 Å². The molecule has 0 fully saturated rings. The van der Waals surface area contributed by atoms with E-state index in [4.69, 9.17) is 0 Å². The number of hydrogen-bond donors (Lipinski definition) is 0. The highest BCUT2D eigenvalue weighted by Crippen LogP contribution is 2.30. The van der Waals surface area contributed by atoms with Crippen molar-refractivity contribution in [2.75, 3.05) is 0 Å². The fourth-order valence-corrected chi connectivity index (χ4v) is 6.43. The molecule has 0 saturated heterocycles. The van der Waals surface area contributed by atoms with E-state index < -0.39 is 46.4 Å². The first-order valence-corrected chi connectivity index (χ1v) is 11.9. The predicted molar refractivity (Wildman–Crippen MR) is 122 cm³/mol. The third-order valence-electron chi connectivity index (χ3n) is 5.96. The van der Waals surface area contributed by atoms with Gasteiger partial charge in [-0.1, -0.05) is 0 Å². The Morgan fingerprint density at radius 1 is 0.417 bits per heavy atom. The summed E-state index contributed by atoms with van der Waals surface area (Å²) in [5.41, 5.74) is -1.21. The molecule has 0 atom stereocenters. The maximum atomic E-state index is 13.6. The topological polar surface area (TPSA) is 68.3 Å². The average molecular weight is 524 g/mol. The lowest BCUT2D eigenvalue weighted by atomic mass is 10.1. The van der Waals surface area contributed by atoms with Crippen LogP contribution in [0.5, 0.6) is 0 Å². The molecule has 0 unspecified atom stereocenters. The molecule has 36 heavy (non-hydrogen) atoms. The Balaban J connectivity index is 1.51. The molecule has 0 spiro atoms. The second-order valence-corrected chi connectivity index (χ2v) is 10.2. The van der Waals surface area contributed by atoms with Crippen molar-refractivity contribution in [3.63, 3.8) is 0 Å². The number of rotatable bonds is 0. The van der Waals surface area contributed by atoms with Crippen LogP contribution in [0.15, 0.2) is 48.5 Å². The molecule has 2 aromatic carbocycles. The second-order valence-electron chi connectivity index (χ2n) is 8.02. The molecule has 0 N–H and O–H groups in total. The van der Waals surface area contributed by atoms with Gasteiger partial charge in [-0.15, -0.1) is 22.7 Å². The fourth-order valence-electron chi connectivity index (χ4n) is 4.25. The minimum atomic E-state index is -1.23.